The molecule has 1 aliphatic rings. The number of benzene rings is 3. The predicted octanol–water partition coefficient (Wildman–Crippen LogP) is 5.98. The van der Waals surface area contributed by atoms with Crippen LogP contribution in [0.4, 0.5) is 11.4 Å². The van der Waals surface area contributed by atoms with E-state index in [0.717, 1.165) is 29.8 Å². The first-order valence-electron chi connectivity index (χ1n) is 8.27. The lowest BCUT2D eigenvalue weighted by Gasteiger charge is -2.22. The molecule has 0 saturated carbocycles. The highest BCUT2D eigenvalue weighted by molar-refractivity contribution is 6.30. The second kappa shape index (κ2) is 6.99. The Bertz CT molecular complexity index is 787. The minimum Gasteiger partial charge on any atom is -0.348 e. The fourth-order valence-electron chi connectivity index (χ4n) is 3.25. The third kappa shape index (κ3) is 3.60. The summed E-state index contributed by atoms with van der Waals surface area (Å²) >= 11 is 12.0. The summed E-state index contributed by atoms with van der Waals surface area (Å²) in [7, 11) is 0. The summed E-state index contributed by atoms with van der Waals surface area (Å²) in [5, 5.41) is 1.55. The molecule has 4 heteroatoms. The standard InChI is InChI=1S/C21H18Cl2N2/c22-18-9-5-16(6-10-18)13-24-15-25(21-4-2-1-3-20(21)24)14-17-7-11-19(23)12-8-17/h1-12H,13-15H2. The summed E-state index contributed by atoms with van der Waals surface area (Å²) in [4.78, 5) is 4.79. The van der Waals surface area contributed by atoms with Crippen LogP contribution in [0.25, 0.3) is 0 Å². The number of nitrogens with zero attached hydrogens (tertiary/aromatic N) is 2. The molecule has 0 radical (unpaired) electrons. The van der Waals surface area contributed by atoms with Crippen LogP contribution in [0.15, 0.2) is 72.8 Å². The molecule has 0 unspecified atom stereocenters. The molecule has 25 heavy (non-hydrogen) atoms. The van der Waals surface area contributed by atoms with E-state index in [9.17, 15) is 0 Å². The highest BCUT2D eigenvalue weighted by Crippen LogP contribution is 2.37. The van der Waals surface area contributed by atoms with Crippen LogP contribution < -0.4 is 9.80 Å². The first-order chi connectivity index (χ1) is 12.2. The topological polar surface area (TPSA) is 6.48 Å². The molecule has 0 aromatic heterocycles. The quantitative estimate of drug-likeness (QED) is 0.558. The highest BCUT2D eigenvalue weighted by Gasteiger charge is 2.25. The van der Waals surface area contributed by atoms with E-state index in [1.165, 1.54) is 22.5 Å². The zero-order chi connectivity index (χ0) is 17.2. The van der Waals surface area contributed by atoms with Gasteiger partial charge in [0.1, 0.15) is 0 Å². The summed E-state index contributed by atoms with van der Waals surface area (Å²) in [6.07, 6.45) is 0. The molecular weight excluding hydrogens is 351 g/mol. The van der Waals surface area contributed by atoms with Gasteiger partial charge in [-0.1, -0.05) is 59.6 Å². The Kier molecular flexibility index (Phi) is 4.56. The van der Waals surface area contributed by atoms with Gasteiger partial charge < -0.3 is 9.80 Å². The van der Waals surface area contributed by atoms with Crippen molar-refractivity contribution in [1.82, 2.24) is 0 Å². The third-order valence-electron chi connectivity index (χ3n) is 4.48. The van der Waals surface area contributed by atoms with Gasteiger partial charge in [0.25, 0.3) is 0 Å². The molecule has 1 heterocycles. The van der Waals surface area contributed by atoms with E-state index in [2.05, 4.69) is 58.3 Å². The van der Waals surface area contributed by atoms with Crippen molar-refractivity contribution < 1.29 is 0 Å². The number of hydrogen-bond donors (Lipinski definition) is 0. The predicted molar refractivity (Wildman–Crippen MR) is 107 cm³/mol. The molecule has 0 atom stereocenters. The van der Waals surface area contributed by atoms with E-state index in [1.54, 1.807) is 0 Å². The van der Waals surface area contributed by atoms with Crippen molar-refractivity contribution >= 4 is 34.6 Å². The number of para-hydroxylation sites is 2. The Morgan fingerprint density at radius 3 is 1.40 bits per heavy atom. The summed E-state index contributed by atoms with van der Waals surface area (Å²) in [5.41, 5.74) is 5.05. The number of hydrogen-bond acceptors (Lipinski definition) is 2. The first-order valence-corrected chi connectivity index (χ1v) is 9.02. The third-order valence-corrected chi connectivity index (χ3v) is 4.98. The number of fused-ring (bicyclic) bond motifs is 1. The molecule has 0 aliphatic carbocycles. The van der Waals surface area contributed by atoms with Crippen molar-refractivity contribution in [3.05, 3.63) is 94.0 Å². The van der Waals surface area contributed by atoms with E-state index < -0.39 is 0 Å². The molecule has 0 N–H and O–H groups in total. The SMILES string of the molecule is Clc1ccc(CN2CN(Cc3ccc(Cl)cc3)c3ccccc32)cc1. The van der Waals surface area contributed by atoms with Gasteiger partial charge in [-0.15, -0.1) is 0 Å². The molecule has 126 valence electrons. The molecule has 0 fully saturated rings. The minimum absolute atomic E-state index is 0.773. The van der Waals surface area contributed by atoms with Gasteiger partial charge >= 0.3 is 0 Å². The van der Waals surface area contributed by atoms with Gasteiger partial charge in [-0.2, -0.15) is 0 Å². The second-order valence-corrected chi connectivity index (χ2v) is 7.15. The van der Waals surface area contributed by atoms with E-state index in [-0.39, 0.29) is 0 Å². The van der Waals surface area contributed by atoms with E-state index in [1.807, 2.05) is 24.3 Å². The summed E-state index contributed by atoms with van der Waals surface area (Å²) in [6, 6.07) is 24.7. The highest BCUT2D eigenvalue weighted by atomic mass is 35.5. The van der Waals surface area contributed by atoms with Gasteiger partial charge in [-0.05, 0) is 47.5 Å². The van der Waals surface area contributed by atoms with Crippen LogP contribution in [0, 0.1) is 0 Å². The zero-order valence-corrected chi connectivity index (χ0v) is 15.2. The molecule has 2 nitrogen and oxygen atoms in total. The number of rotatable bonds is 4. The van der Waals surface area contributed by atoms with Crippen molar-refractivity contribution in [1.29, 1.82) is 0 Å². The molecule has 0 bridgehead atoms. The molecule has 1 aliphatic heterocycles. The molecule has 3 aromatic rings. The Balaban J connectivity index is 1.56. The van der Waals surface area contributed by atoms with Crippen LogP contribution >= 0.6 is 23.2 Å². The van der Waals surface area contributed by atoms with Gasteiger partial charge in [0.15, 0.2) is 0 Å². The maximum Gasteiger partial charge on any atom is 0.0911 e. The fraction of sp³-hybridized carbons (Fsp3) is 0.143. The van der Waals surface area contributed by atoms with Gasteiger partial charge in [-0.3, -0.25) is 0 Å². The van der Waals surface area contributed by atoms with E-state index in [0.29, 0.717) is 0 Å². The van der Waals surface area contributed by atoms with Crippen LogP contribution in [-0.2, 0) is 13.1 Å². The van der Waals surface area contributed by atoms with E-state index in [4.69, 9.17) is 23.2 Å². The smallest absolute Gasteiger partial charge is 0.0911 e. The van der Waals surface area contributed by atoms with E-state index >= 15 is 0 Å². The molecule has 3 aromatic carbocycles. The van der Waals surface area contributed by atoms with Gasteiger partial charge in [-0.25, -0.2) is 0 Å². The monoisotopic (exact) mass is 368 g/mol. The molecule has 0 amide bonds. The van der Waals surface area contributed by atoms with Crippen LogP contribution in [0.3, 0.4) is 0 Å². The Morgan fingerprint density at radius 2 is 1.00 bits per heavy atom. The maximum atomic E-state index is 6.00. The average molecular weight is 369 g/mol. The molecule has 0 saturated heterocycles. The number of anilines is 2. The Hall–Kier alpha value is -2.16. The number of halogens is 2. The van der Waals surface area contributed by atoms with Crippen LogP contribution in [0.2, 0.25) is 10.0 Å². The normalized spacial score (nSPS) is 13.2. The van der Waals surface area contributed by atoms with Crippen LogP contribution in [0.5, 0.6) is 0 Å². The molecular formula is C21H18Cl2N2. The lowest BCUT2D eigenvalue weighted by Crippen LogP contribution is -2.30. The lowest BCUT2D eigenvalue weighted by atomic mass is 10.2. The van der Waals surface area contributed by atoms with Crippen molar-refractivity contribution in [3.8, 4) is 0 Å². The Morgan fingerprint density at radius 1 is 0.600 bits per heavy atom. The zero-order valence-electron chi connectivity index (χ0n) is 13.7. The van der Waals surface area contributed by atoms with Crippen molar-refractivity contribution in [3.63, 3.8) is 0 Å². The fourth-order valence-corrected chi connectivity index (χ4v) is 3.50. The van der Waals surface area contributed by atoms with Crippen LogP contribution in [0.1, 0.15) is 11.1 Å². The van der Waals surface area contributed by atoms with Crippen LogP contribution in [-0.4, -0.2) is 6.67 Å². The summed E-state index contributed by atoms with van der Waals surface area (Å²) in [6.45, 7) is 2.60. The minimum atomic E-state index is 0.773. The van der Waals surface area contributed by atoms with Crippen molar-refractivity contribution in [2.45, 2.75) is 13.1 Å². The Labute approximate surface area is 158 Å². The van der Waals surface area contributed by atoms with Gasteiger partial charge in [0.05, 0.1) is 18.0 Å². The van der Waals surface area contributed by atoms with Gasteiger partial charge in [0.2, 0.25) is 0 Å². The first kappa shape index (κ1) is 16.3. The summed E-state index contributed by atoms with van der Waals surface area (Å²) < 4.78 is 0. The lowest BCUT2D eigenvalue weighted by molar-refractivity contribution is 0.763. The summed E-state index contributed by atoms with van der Waals surface area (Å²) in [5.74, 6) is 0. The van der Waals surface area contributed by atoms with Crippen molar-refractivity contribution in [2.75, 3.05) is 16.5 Å². The maximum absolute atomic E-state index is 6.00. The van der Waals surface area contributed by atoms with Crippen molar-refractivity contribution in [2.24, 2.45) is 0 Å². The molecule has 0 spiro atoms. The largest absolute Gasteiger partial charge is 0.348 e. The average Bonchev–Trinajstić information content (AvgIpc) is 2.97. The second-order valence-electron chi connectivity index (χ2n) is 6.28. The van der Waals surface area contributed by atoms with Gasteiger partial charge in [0, 0.05) is 23.1 Å². The molecule has 4 rings (SSSR count).